The summed E-state index contributed by atoms with van der Waals surface area (Å²) in [6, 6.07) is 0. The molecule has 0 spiro atoms. The molecule has 0 saturated heterocycles. The molecule has 0 fully saturated rings. The van der Waals surface area contributed by atoms with Crippen molar-refractivity contribution in [2.45, 2.75) is 55.4 Å². The molecule has 18 heavy (non-hydrogen) atoms. The highest BCUT2D eigenvalue weighted by molar-refractivity contribution is 5.47. The minimum atomic E-state index is 1.02. The zero-order valence-corrected chi connectivity index (χ0v) is 13.7. The summed E-state index contributed by atoms with van der Waals surface area (Å²) in [6.45, 7) is 24.0. The second kappa shape index (κ2) is 15.7. The molecular weight excluding hydrogens is 216 g/mol. The van der Waals surface area contributed by atoms with E-state index in [1.165, 1.54) is 11.1 Å². The molecule has 0 aliphatic carbocycles. The van der Waals surface area contributed by atoms with Crippen LogP contribution in [-0.2, 0) is 0 Å². The molecular formula is C18H32. The average Bonchev–Trinajstić information content (AvgIpc) is 2.39. The third-order valence-electron chi connectivity index (χ3n) is 1.89. The zero-order chi connectivity index (χ0) is 15.1. The van der Waals surface area contributed by atoms with Crippen LogP contribution in [0.3, 0.4) is 0 Å². The standard InChI is InChI=1S/C14H20.2C2H6/c1-7-12(5)10-14(8-2)13(6)9-11(3)4;2*1-2/h7-10H,2,6H2,1,3-5H3;2*1-2H3/b12-7-,14-10-;;. The van der Waals surface area contributed by atoms with Crippen molar-refractivity contribution in [2.75, 3.05) is 0 Å². The SMILES string of the molecule is C=C/C(=C/C(C)=C\C)C(=C)C=C(C)C.CC.CC. The smallest absolute Gasteiger partial charge is 0.0193 e. The molecule has 0 nitrogen and oxygen atoms in total. The first-order valence-corrected chi connectivity index (χ1v) is 6.82. The van der Waals surface area contributed by atoms with Crippen LogP contribution in [0.4, 0.5) is 0 Å². The van der Waals surface area contributed by atoms with Gasteiger partial charge in [-0.15, -0.1) is 0 Å². The fourth-order valence-corrected chi connectivity index (χ4v) is 1.04. The molecule has 0 aliphatic rings. The summed E-state index contributed by atoms with van der Waals surface area (Å²) in [5, 5.41) is 0. The van der Waals surface area contributed by atoms with E-state index in [2.05, 4.69) is 52.2 Å². The van der Waals surface area contributed by atoms with Crippen LogP contribution in [0.25, 0.3) is 0 Å². The molecule has 0 aliphatic heterocycles. The van der Waals surface area contributed by atoms with Crippen molar-refractivity contribution in [3.8, 4) is 0 Å². The van der Waals surface area contributed by atoms with Crippen LogP contribution in [-0.4, -0.2) is 0 Å². The largest absolute Gasteiger partial charge is 0.0984 e. The van der Waals surface area contributed by atoms with Crippen LogP contribution in [0.1, 0.15) is 55.4 Å². The van der Waals surface area contributed by atoms with Crippen molar-refractivity contribution < 1.29 is 0 Å². The van der Waals surface area contributed by atoms with Crippen LogP contribution in [0.5, 0.6) is 0 Å². The van der Waals surface area contributed by atoms with Gasteiger partial charge in [0.1, 0.15) is 0 Å². The van der Waals surface area contributed by atoms with Gasteiger partial charge in [0.2, 0.25) is 0 Å². The Balaban J connectivity index is -0.000000506. The summed E-state index contributed by atoms with van der Waals surface area (Å²) in [4.78, 5) is 0. The summed E-state index contributed by atoms with van der Waals surface area (Å²) in [6.07, 6.45) is 8.07. The minimum Gasteiger partial charge on any atom is -0.0984 e. The maximum atomic E-state index is 4.01. The van der Waals surface area contributed by atoms with E-state index in [1.807, 2.05) is 40.7 Å². The first-order chi connectivity index (χ1) is 8.51. The van der Waals surface area contributed by atoms with Gasteiger partial charge in [-0.25, -0.2) is 0 Å². The summed E-state index contributed by atoms with van der Waals surface area (Å²) in [5.74, 6) is 0. The van der Waals surface area contributed by atoms with Crippen molar-refractivity contribution in [3.63, 3.8) is 0 Å². The summed E-state index contributed by atoms with van der Waals surface area (Å²) < 4.78 is 0. The van der Waals surface area contributed by atoms with Crippen LogP contribution in [0.15, 0.2) is 59.8 Å². The predicted molar refractivity (Wildman–Crippen MR) is 89.0 cm³/mol. The van der Waals surface area contributed by atoms with Crippen molar-refractivity contribution in [1.29, 1.82) is 0 Å². The highest BCUT2D eigenvalue weighted by atomic mass is 14.0. The Kier molecular flexibility index (Phi) is 19.1. The molecule has 0 atom stereocenters. The lowest BCUT2D eigenvalue weighted by molar-refractivity contribution is 1.36. The molecule has 0 radical (unpaired) electrons. The third kappa shape index (κ3) is 12.8. The summed E-state index contributed by atoms with van der Waals surface area (Å²) >= 11 is 0. The normalized spacial score (nSPS) is 10.2. The van der Waals surface area contributed by atoms with Crippen molar-refractivity contribution in [3.05, 3.63) is 59.8 Å². The van der Waals surface area contributed by atoms with Crippen molar-refractivity contribution >= 4 is 0 Å². The fourth-order valence-electron chi connectivity index (χ4n) is 1.04. The van der Waals surface area contributed by atoms with E-state index in [0.29, 0.717) is 0 Å². The average molecular weight is 248 g/mol. The molecule has 0 heterocycles. The molecule has 0 bridgehead atoms. The van der Waals surface area contributed by atoms with E-state index in [9.17, 15) is 0 Å². The van der Waals surface area contributed by atoms with E-state index in [0.717, 1.165) is 11.1 Å². The van der Waals surface area contributed by atoms with E-state index in [4.69, 9.17) is 0 Å². The Bertz CT molecular complexity index is 305. The van der Waals surface area contributed by atoms with E-state index in [-0.39, 0.29) is 0 Å². The Labute approximate surface area is 116 Å². The number of hydrogen-bond acceptors (Lipinski definition) is 0. The minimum absolute atomic E-state index is 1.02. The van der Waals surface area contributed by atoms with Gasteiger partial charge in [-0.05, 0) is 38.8 Å². The monoisotopic (exact) mass is 248 g/mol. The molecule has 0 N–H and O–H groups in total. The van der Waals surface area contributed by atoms with Gasteiger partial charge >= 0.3 is 0 Å². The van der Waals surface area contributed by atoms with Gasteiger partial charge in [0.25, 0.3) is 0 Å². The topological polar surface area (TPSA) is 0 Å². The molecule has 0 aromatic heterocycles. The van der Waals surface area contributed by atoms with Gasteiger partial charge in [0.15, 0.2) is 0 Å². The lowest BCUT2D eigenvalue weighted by atomic mass is 10.0. The molecule has 104 valence electrons. The number of rotatable bonds is 4. The lowest BCUT2D eigenvalue weighted by Crippen LogP contribution is -1.83. The first-order valence-electron chi connectivity index (χ1n) is 6.82. The molecule has 0 unspecified atom stereocenters. The molecule has 0 saturated carbocycles. The van der Waals surface area contributed by atoms with Crippen LogP contribution >= 0.6 is 0 Å². The van der Waals surface area contributed by atoms with Crippen molar-refractivity contribution in [2.24, 2.45) is 0 Å². The highest BCUT2D eigenvalue weighted by Gasteiger charge is 1.95. The molecule has 0 heteroatoms. The fraction of sp³-hybridized carbons (Fsp3) is 0.444. The van der Waals surface area contributed by atoms with Gasteiger partial charge in [0, 0.05) is 0 Å². The second-order valence-corrected chi connectivity index (χ2v) is 3.58. The zero-order valence-electron chi connectivity index (χ0n) is 13.7. The summed E-state index contributed by atoms with van der Waals surface area (Å²) in [7, 11) is 0. The van der Waals surface area contributed by atoms with E-state index >= 15 is 0 Å². The third-order valence-corrected chi connectivity index (χ3v) is 1.89. The first kappa shape index (κ1) is 21.9. The quantitative estimate of drug-likeness (QED) is 0.489. The van der Waals surface area contributed by atoms with Gasteiger partial charge in [-0.3, -0.25) is 0 Å². The van der Waals surface area contributed by atoms with Crippen LogP contribution in [0, 0.1) is 0 Å². The van der Waals surface area contributed by atoms with Gasteiger partial charge < -0.3 is 0 Å². The second-order valence-electron chi connectivity index (χ2n) is 3.58. The van der Waals surface area contributed by atoms with E-state index in [1.54, 1.807) is 0 Å². The van der Waals surface area contributed by atoms with Gasteiger partial charge in [0.05, 0.1) is 0 Å². The Morgan fingerprint density at radius 2 is 1.33 bits per heavy atom. The van der Waals surface area contributed by atoms with Crippen LogP contribution in [0.2, 0.25) is 0 Å². The van der Waals surface area contributed by atoms with Gasteiger partial charge in [-0.1, -0.05) is 76.3 Å². The molecule has 0 aromatic rings. The van der Waals surface area contributed by atoms with E-state index < -0.39 is 0 Å². The maximum Gasteiger partial charge on any atom is -0.0193 e. The Hall–Kier alpha value is -1.30. The Morgan fingerprint density at radius 1 is 0.889 bits per heavy atom. The lowest BCUT2D eigenvalue weighted by Gasteiger charge is -2.02. The maximum absolute atomic E-state index is 4.01. The molecule has 0 amide bonds. The molecule has 0 aromatic carbocycles. The number of hydrogen-bond donors (Lipinski definition) is 0. The van der Waals surface area contributed by atoms with Crippen molar-refractivity contribution in [1.82, 2.24) is 0 Å². The molecule has 0 rings (SSSR count). The Morgan fingerprint density at radius 3 is 1.61 bits per heavy atom. The van der Waals surface area contributed by atoms with Crippen LogP contribution < -0.4 is 0 Å². The summed E-state index contributed by atoms with van der Waals surface area (Å²) in [5.41, 5.74) is 4.58. The predicted octanol–water partition coefficient (Wildman–Crippen LogP) is 6.64. The number of allylic oxidation sites excluding steroid dienone is 8. The highest BCUT2D eigenvalue weighted by Crippen LogP contribution is 2.14. The van der Waals surface area contributed by atoms with Gasteiger partial charge in [-0.2, -0.15) is 0 Å².